The molecule has 2 amide bonds. The molecule has 0 atom stereocenters. The number of carboxylic acids is 1. The molecule has 0 saturated carbocycles. The maximum atomic E-state index is 11.6. The fourth-order valence-electron chi connectivity index (χ4n) is 1.64. The zero-order valence-corrected chi connectivity index (χ0v) is 12.1. The Morgan fingerprint density at radius 2 is 1.78 bits per heavy atom. The fourth-order valence-corrected chi connectivity index (χ4v) is 1.64. The van der Waals surface area contributed by atoms with Crippen LogP contribution in [0.25, 0.3) is 0 Å². The lowest BCUT2D eigenvalue weighted by molar-refractivity contribution is -0.139. The number of nitrogens with one attached hydrogen (secondary N) is 2. The number of hydrogen-bond acceptors (Lipinski definition) is 4. The predicted molar refractivity (Wildman–Crippen MR) is 85.8 cm³/mol. The first-order chi connectivity index (χ1) is 11.1. The minimum Gasteiger partial charge on any atom is -0.482 e. The van der Waals surface area contributed by atoms with Crippen molar-refractivity contribution in [1.82, 2.24) is 5.43 Å². The zero-order valence-electron chi connectivity index (χ0n) is 12.1. The molecule has 0 aliphatic rings. The fraction of sp³-hybridized carbons (Fsp3) is 0.0625. The molecule has 2 rings (SSSR count). The number of nitrogens with zero attached hydrogens (tertiary/aromatic N) is 1. The summed E-state index contributed by atoms with van der Waals surface area (Å²) in [5.74, 6) is -0.594. The number of hydrogen-bond donors (Lipinski definition) is 3. The molecule has 0 aromatic heterocycles. The molecule has 0 bridgehead atoms. The van der Waals surface area contributed by atoms with E-state index >= 15 is 0 Å². The van der Waals surface area contributed by atoms with Gasteiger partial charge in [-0.15, -0.1) is 0 Å². The van der Waals surface area contributed by atoms with Gasteiger partial charge in [-0.05, 0) is 42.0 Å². The van der Waals surface area contributed by atoms with Gasteiger partial charge in [0.25, 0.3) is 0 Å². The third-order valence-corrected chi connectivity index (χ3v) is 2.65. The molecular weight excluding hydrogens is 298 g/mol. The van der Waals surface area contributed by atoms with Gasteiger partial charge in [0.15, 0.2) is 6.61 Å². The van der Waals surface area contributed by atoms with E-state index in [0.29, 0.717) is 11.4 Å². The Kier molecular flexibility index (Phi) is 5.70. The summed E-state index contributed by atoms with van der Waals surface area (Å²) in [4.78, 5) is 22.0. The number of urea groups is 1. The van der Waals surface area contributed by atoms with Crippen LogP contribution in [0.15, 0.2) is 59.7 Å². The van der Waals surface area contributed by atoms with Crippen LogP contribution in [0.1, 0.15) is 5.56 Å². The van der Waals surface area contributed by atoms with Gasteiger partial charge in [-0.1, -0.05) is 18.2 Å². The van der Waals surface area contributed by atoms with E-state index in [-0.39, 0.29) is 0 Å². The molecule has 0 fully saturated rings. The third kappa shape index (κ3) is 5.88. The van der Waals surface area contributed by atoms with Crippen molar-refractivity contribution in [3.05, 3.63) is 60.2 Å². The number of ether oxygens (including phenoxy) is 1. The van der Waals surface area contributed by atoms with E-state index in [4.69, 9.17) is 9.84 Å². The van der Waals surface area contributed by atoms with Crippen molar-refractivity contribution in [2.75, 3.05) is 11.9 Å². The highest BCUT2D eigenvalue weighted by atomic mass is 16.5. The lowest BCUT2D eigenvalue weighted by Gasteiger charge is -2.04. The van der Waals surface area contributed by atoms with Crippen LogP contribution in [-0.2, 0) is 4.79 Å². The van der Waals surface area contributed by atoms with E-state index in [0.717, 1.165) is 5.56 Å². The molecule has 0 radical (unpaired) electrons. The minimum absolute atomic E-state index is 0.394. The van der Waals surface area contributed by atoms with Gasteiger partial charge in [0.05, 0.1) is 6.21 Å². The van der Waals surface area contributed by atoms with Crippen LogP contribution in [0.4, 0.5) is 10.5 Å². The SMILES string of the molecule is O=C(O)COc1ccc(/C=N\NC(=O)Nc2ccccc2)cc1. The average Bonchev–Trinajstić information content (AvgIpc) is 2.55. The summed E-state index contributed by atoms with van der Waals surface area (Å²) in [5.41, 5.74) is 3.74. The maximum Gasteiger partial charge on any atom is 0.341 e. The molecule has 2 aromatic rings. The van der Waals surface area contributed by atoms with Crippen LogP contribution in [0.5, 0.6) is 5.75 Å². The van der Waals surface area contributed by atoms with Gasteiger partial charge >= 0.3 is 12.0 Å². The smallest absolute Gasteiger partial charge is 0.341 e. The van der Waals surface area contributed by atoms with Gasteiger partial charge < -0.3 is 15.2 Å². The zero-order chi connectivity index (χ0) is 16.5. The lowest BCUT2D eigenvalue weighted by Crippen LogP contribution is -2.24. The molecule has 0 aliphatic heterocycles. The van der Waals surface area contributed by atoms with E-state index < -0.39 is 18.6 Å². The van der Waals surface area contributed by atoms with Crippen molar-refractivity contribution < 1.29 is 19.4 Å². The first-order valence-corrected chi connectivity index (χ1v) is 6.73. The summed E-state index contributed by atoms with van der Waals surface area (Å²) in [7, 11) is 0. The summed E-state index contributed by atoms with van der Waals surface area (Å²) in [6.45, 7) is -0.394. The molecule has 118 valence electrons. The summed E-state index contributed by atoms with van der Waals surface area (Å²) < 4.78 is 5.01. The number of carbonyl (C=O) groups is 2. The Morgan fingerprint density at radius 1 is 1.09 bits per heavy atom. The lowest BCUT2D eigenvalue weighted by atomic mass is 10.2. The van der Waals surface area contributed by atoms with E-state index in [2.05, 4.69) is 15.8 Å². The second-order valence-electron chi connectivity index (χ2n) is 4.44. The normalized spacial score (nSPS) is 10.3. The standard InChI is InChI=1S/C16H15N3O4/c20-15(21)11-23-14-8-6-12(7-9-14)10-17-19-16(22)18-13-4-2-1-3-5-13/h1-10H,11H2,(H,20,21)(H2,18,19,22)/b17-10-. The molecule has 7 heteroatoms. The second kappa shape index (κ2) is 8.18. The molecule has 3 N–H and O–H groups in total. The van der Waals surface area contributed by atoms with Crippen molar-refractivity contribution in [1.29, 1.82) is 0 Å². The van der Waals surface area contributed by atoms with Crippen molar-refractivity contribution >= 4 is 23.9 Å². The molecule has 0 aliphatic carbocycles. The Balaban J connectivity index is 1.81. The number of benzene rings is 2. The largest absolute Gasteiger partial charge is 0.482 e. The Hall–Kier alpha value is -3.35. The van der Waals surface area contributed by atoms with Crippen LogP contribution in [-0.4, -0.2) is 29.9 Å². The Labute approximate surface area is 132 Å². The predicted octanol–water partition coefficient (Wildman–Crippen LogP) is 2.31. The van der Waals surface area contributed by atoms with Crippen LogP contribution < -0.4 is 15.5 Å². The van der Waals surface area contributed by atoms with Crippen LogP contribution in [0.3, 0.4) is 0 Å². The molecule has 0 heterocycles. The van der Waals surface area contributed by atoms with Gasteiger partial charge in [0, 0.05) is 5.69 Å². The van der Waals surface area contributed by atoms with Crippen molar-refractivity contribution in [3.8, 4) is 5.75 Å². The van der Waals surface area contributed by atoms with Crippen LogP contribution in [0, 0.1) is 0 Å². The number of amides is 2. The molecule has 23 heavy (non-hydrogen) atoms. The van der Waals surface area contributed by atoms with Gasteiger partial charge in [0.2, 0.25) is 0 Å². The molecular formula is C16H15N3O4. The molecule has 0 saturated heterocycles. The number of hydrazone groups is 1. The highest BCUT2D eigenvalue weighted by Crippen LogP contribution is 2.10. The summed E-state index contributed by atoms with van der Waals surface area (Å²) >= 11 is 0. The van der Waals surface area contributed by atoms with Crippen molar-refractivity contribution in [3.63, 3.8) is 0 Å². The van der Waals surface area contributed by atoms with Gasteiger partial charge in [-0.25, -0.2) is 15.0 Å². The Morgan fingerprint density at radius 3 is 2.43 bits per heavy atom. The van der Waals surface area contributed by atoms with E-state index in [1.165, 1.54) is 6.21 Å². The number of aliphatic carboxylic acids is 1. The van der Waals surface area contributed by atoms with Gasteiger partial charge in [-0.2, -0.15) is 5.10 Å². The summed E-state index contributed by atoms with van der Waals surface area (Å²) in [6.07, 6.45) is 1.46. The molecule has 7 nitrogen and oxygen atoms in total. The molecule has 2 aromatic carbocycles. The van der Waals surface area contributed by atoms with Gasteiger partial charge in [0.1, 0.15) is 5.75 Å². The first-order valence-electron chi connectivity index (χ1n) is 6.73. The van der Waals surface area contributed by atoms with E-state index in [1.54, 1.807) is 36.4 Å². The first kappa shape index (κ1) is 16.0. The van der Waals surface area contributed by atoms with Crippen molar-refractivity contribution in [2.24, 2.45) is 5.10 Å². The third-order valence-electron chi connectivity index (χ3n) is 2.65. The topological polar surface area (TPSA) is 100 Å². The van der Waals surface area contributed by atoms with Crippen molar-refractivity contribution in [2.45, 2.75) is 0 Å². The summed E-state index contributed by atoms with van der Waals surface area (Å²) in [5, 5.41) is 15.0. The van der Waals surface area contributed by atoms with Gasteiger partial charge in [-0.3, -0.25) is 0 Å². The highest BCUT2D eigenvalue weighted by molar-refractivity contribution is 5.90. The quantitative estimate of drug-likeness (QED) is 0.563. The monoisotopic (exact) mass is 313 g/mol. The van der Waals surface area contributed by atoms with Crippen LogP contribution in [0.2, 0.25) is 0 Å². The average molecular weight is 313 g/mol. The summed E-state index contributed by atoms with van der Waals surface area (Å²) in [6, 6.07) is 15.2. The number of carboxylic acid groups (broad SMARTS) is 1. The van der Waals surface area contributed by atoms with E-state index in [9.17, 15) is 9.59 Å². The Bertz CT molecular complexity index is 684. The number of anilines is 1. The highest BCUT2D eigenvalue weighted by Gasteiger charge is 2.00. The minimum atomic E-state index is -1.04. The number of carbonyl (C=O) groups excluding carboxylic acids is 1. The number of para-hydroxylation sites is 1. The maximum absolute atomic E-state index is 11.6. The van der Waals surface area contributed by atoms with Crippen LogP contribution >= 0.6 is 0 Å². The second-order valence-corrected chi connectivity index (χ2v) is 4.44. The number of rotatable bonds is 6. The van der Waals surface area contributed by atoms with E-state index in [1.807, 2.05) is 18.2 Å². The molecule has 0 spiro atoms. The molecule has 0 unspecified atom stereocenters.